The zero-order valence-corrected chi connectivity index (χ0v) is 15.2. The van der Waals surface area contributed by atoms with Crippen molar-refractivity contribution >= 4 is 29.0 Å². The minimum absolute atomic E-state index is 0.101. The molecule has 9 heteroatoms. The Labute approximate surface area is 158 Å². The molecular weight excluding hydrogens is 381 g/mol. The summed E-state index contributed by atoms with van der Waals surface area (Å²) >= 11 is 11.7. The van der Waals surface area contributed by atoms with Gasteiger partial charge in [0.25, 0.3) is 0 Å². The molecule has 0 saturated heterocycles. The van der Waals surface area contributed by atoms with Gasteiger partial charge in [0.05, 0.1) is 29.7 Å². The summed E-state index contributed by atoms with van der Waals surface area (Å²) in [5.74, 6) is -0.531. The Balaban J connectivity index is 2.59. The molecule has 0 amide bonds. The molecule has 1 aromatic carbocycles. The van der Waals surface area contributed by atoms with Gasteiger partial charge >= 0.3 is 17.1 Å². The number of halogens is 2. The Bertz CT molecular complexity index is 1010. The summed E-state index contributed by atoms with van der Waals surface area (Å²) in [7, 11) is 0. The zero-order valence-electron chi connectivity index (χ0n) is 13.7. The highest BCUT2D eigenvalue weighted by Gasteiger charge is 2.17. The average molecular weight is 396 g/mol. The minimum atomic E-state index is -0.895. The fraction of sp³-hybridized carbons (Fsp3) is 0.176. The van der Waals surface area contributed by atoms with E-state index in [9.17, 15) is 19.2 Å². The third-order valence-electron chi connectivity index (χ3n) is 3.55. The van der Waals surface area contributed by atoms with Gasteiger partial charge in [0.15, 0.2) is 5.78 Å². The van der Waals surface area contributed by atoms with E-state index in [1.165, 1.54) is 30.4 Å². The Morgan fingerprint density at radius 3 is 1.85 bits per heavy atom. The standard InChI is InChI=1S/C17H15Cl2N3O4/c1-3-7-20-15(24)21(8-4-2)17(26)22(16(20)25)10-14(23)11-5-6-12(18)13(19)9-11/h3-6,9H,1-2,7-8,10H2. The first-order valence-corrected chi connectivity index (χ1v) is 8.22. The van der Waals surface area contributed by atoms with Gasteiger partial charge in [-0.3, -0.25) is 4.79 Å². The van der Waals surface area contributed by atoms with Gasteiger partial charge in [-0.15, -0.1) is 13.2 Å². The Kier molecular flexibility index (Phi) is 6.18. The fourth-order valence-electron chi connectivity index (χ4n) is 2.29. The summed E-state index contributed by atoms with van der Waals surface area (Å²) in [6.45, 7) is 6.21. The highest BCUT2D eigenvalue weighted by atomic mass is 35.5. The van der Waals surface area contributed by atoms with Crippen LogP contribution in [0.1, 0.15) is 10.4 Å². The number of Topliss-reactive ketones (excluding diaryl/α,β-unsaturated/α-hetero) is 1. The largest absolute Gasteiger partial charge is 0.337 e. The predicted molar refractivity (Wildman–Crippen MR) is 100 cm³/mol. The summed E-state index contributed by atoms with van der Waals surface area (Å²) in [4.78, 5) is 49.7. The number of benzene rings is 1. The smallest absolute Gasteiger partial charge is 0.292 e. The lowest BCUT2D eigenvalue weighted by Crippen LogP contribution is -2.55. The van der Waals surface area contributed by atoms with E-state index in [1.807, 2.05) is 0 Å². The monoisotopic (exact) mass is 395 g/mol. The van der Waals surface area contributed by atoms with Gasteiger partial charge in [0.1, 0.15) is 0 Å². The van der Waals surface area contributed by atoms with Crippen LogP contribution in [0.25, 0.3) is 0 Å². The maximum absolute atomic E-state index is 12.5. The van der Waals surface area contributed by atoms with Crippen molar-refractivity contribution in [2.75, 3.05) is 0 Å². The van der Waals surface area contributed by atoms with Crippen molar-refractivity contribution in [3.8, 4) is 0 Å². The Morgan fingerprint density at radius 1 is 0.885 bits per heavy atom. The van der Waals surface area contributed by atoms with Gasteiger partial charge in [-0.25, -0.2) is 28.1 Å². The molecule has 0 radical (unpaired) electrons. The van der Waals surface area contributed by atoms with Gasteiger partial charge in [0, 0.05) is 5.56 Å². The second kappa shape index (κ2) is 8.16. The average Bonchev–Trinajstić information content (AvgIpc) is 2.61. The highest BCUT2D eigenvalue weighted by molar-refractivity contribution is 6.42. The van der Waals surface area contributed by atoms with Crippen LogP contribution in [0.3, 0.4) is 0 Å². The van der Waals surface area contributed by atoms with Gasteiger partial charge < -0.3 is 0 Å². The minimum Gasteiger partial charge on any atom is -0.292 e. The van der Waals surface area contributed by atoms with Crippen LogP contribution in [0.4, 0.5) is 0 Å². The first-order valence-electron chi connectivity index (χ1n) is 7.46. The number of allylic oxidation sites excluding steroid dienone is 2. The van der Waals surface area contributed by atoms with Crippen molar-refractivity contribution < 1.29 is 4.79 Å². The molecule has 0 saturated carbocycles. The molecule has 2 rings (SSSR count). The van der Waals surface area contributed by atoms with Crippen molar-refractivity contribution in [1.82, 2.24) is 13.7 Å². The molecule has 0 fully saturated rings. The van der Waals surface area contributed by atoms with Crippen LogP contribution in [0.15, 0.2) is 57.9 Å². The van der Waals surface area contributed by atoms with E-state index in [-0.39, 0.29) is 28.7 Å². The molecule has 0 unspecified atom stereocenters. The molecule has 0 atom stereocenters. The molecule has 136 valence electrons. The maximum Gasteiger partial charge on any atom is 0.337 e. The zero-order chi connectivity index (χ0) is 19.4. The van der Waals surface area contributed by atoms with Gasteiger partial charge in [0.2, 0.25) is 0 Å². The van der Waals surface area contributed by atoms with E-state index >= 15 is 0 Å². The predicted octanol–water partition coefficient (Wildman–Crippen LogP) is 1.73. The van der Waals surface area contributed by atoms with Crippen molar-refractivity contribution in [2.45, 2.75) is 19.6 Å². The van der Waals surface area contributed by atoms with E-state index in [1.54, 1.807) is 0 Å². The van der Waals surface area contributed by atoms with Crippen LogP contribution in [0, 0.1) is 0 Å². The van der Waals surface area contributed by atoms with Crippen LogP contribution in [0.5, 0.6) is 0 Å². The molecule has 0 aliphatic heterocycles. The summed E-state index contributed by atoms with van der Waals surface area (Å²) < 4.78 is 2.33. The molecule has 0 aliphatic rings. The molecule has 0 N–H and O–H groups in total. The molecule has 1 heterocycles. The topological polar surface area (TPSA) is 83.1 Å². The molecule has 0 spiro atoms. The lowest BCUT2D eigenvalue weighted by molar-refractivity contribution is 0.0966. The normalized spacial score (nSPS) is 10.5. The number of rotatable bonds is 7. The highest BCUT2D eigenvalue weighted by Crippen LogP contribution is 2.22. The van der Waals surface area contributed by atoms with Crippen molar-refractivity contribution in [1.29, 1.82) is 0 Å². The number of aromatic nitrogens is 3. The van der Waals surface area contributed by atoms with Crippen molar-refractivity contribution in [2.24, 2.45) is 0 Å². The van der Waals surface area contributed by atoms with Crippen LogP contribution in [-0.2, 0) is 19.6 Å². The molecule has 2 aromatic rings. The van der Waals surface area contributed by atoms with E-state index < -0.39 is 29.4 Å². The number of ketones is 1. The number of hydrogen-bond donors (Lipinski definition) is 0. The van der Waals surface area contributed by atoms with Crippen LogP contribution in [-0.4, -0.2) is 19.5 Å². The van der Waals surface area contributed by atoms with Crippen LogP contribution in [0.2, 0.25) is 10.0 Å². The van der Waals surface area contributed by atoms with Gasteiger partial charge in [-0.2, -0.15) is 0 Å². The lowest BCUT2D eigenvalue weighted by Gasteiger charge is -2.12. The maximum atomic E-state index is 12.5. The number of nitrogens with zero attached hydrogens (tertiary/aromatic N) is 3. The molecule has 0 aliphatic carbocycles. The summed E-state index contributed by atoms with van der Waals surface area (Å²) in [6, 6.07) is 4.22. The number of hydrogen-bond acceptors (Lipinski definition) is 4. The lowest BCUT2D eigenvalue weighted by atomic mass is 10.1. The summed E-state index contributed by atoms with van der Waals surface area (Å²) in [6.07, 6.45) is 2.69. The van der Waals surface area contributed by atoms with E-state index in [2.05, 4.69) is 13.2 Å². The molecule has 1 aromatic heterocycles. The molecule has 7 nitrogen and oxygen atoms in total. The molecule has 0 bridgehead atoms. The van der Waals surface area contributed by atoms with Crippen LogP contribution >= 0.6 is 23.2 Å². The third-order valence-corrected chi connectivity index (χ3v) is 4.29. The van der Waals surface area contributed by atoms with Crippen molar-refractivity contribution in [3.63, 3.8) is 0 Å². The number of carbonyl (C=O) groups is 1. The first-order chi connectivity index (χ1) is 12.3. The fourth-order valence-corrected chi connectivity index (χ4v) is 2.59. The van der Waals surface area contributed by atoms with Crippen molar-refractivity contribution in [3.05, 3.63) is 90.6 Å². The Morgan fingerprint density at radius 2 is 1.38 bits per heavy atom. The van der Waals surface area contributed by atoms with E-state index in [0.717, 1.165) is 9.13 Å². The summed E-state index contributed by atoms with van der Waals surface area (Å²) in [5, 5.41) is 0.443. The Hall–Kier alpha value is -2.64. The van der Waals surface area contributed by atoms with Gasteiger partial charge in [-0.1, -0.05) is 35.4 Å². The second-order valence-electron chi connectivity index (χ2n) is 5.28. The van der Waals surface area contributed by atoms with E-state index in [4.69, 9.17) is 23.2 Å². The SMILES string of the molecule is C=CCn1c(=O)n(CC=C)c(=O)n(CC(=O)c2ccc(Cl)c(Cl)c2)c1=O. The van der Waals surface area contributed by atoms with Gasteiger partial charge in [-0.05, 0) is 18.2 Å². The molecule has 26 heavy (non-hydrogen) atoms. The third kappa shape index (κ3) is 3.79. The number of carbonyl (C=O) groups excluding carboxylic acids is 1. The first kappa shape index (κ1) is 19.7. The quantitative estimate of drug-likeness (QED) is 0.527. The second-order valence-corrected chi connectivity index (χ2v) is 6.10. The van der Waals surface area contributed by atoms with E-state index in [0.29, 0.717) is 4.57 Å². The molecular formula is C17H15Cl2N3O4. The van der Waals surface area contributed by atoms with Crippen LogP contribution < -0.4 is 17.1 Å². The summed E-state index contributed by atoms with van der Waals surface area (Å²) in [5.41, 5.74) is -2.40.